The number of aryl methyl sites for hydroxylation is 1. The highest BCUT2D eigenvalue weighted by Gasteiger charge is 2.41. The fourth-order valence-corrected chi connectivity index (χ4v) is 2.20. The fraction of sp³-hybridized carbons (Fsp3) is 0.400. The van der Waals surface area contributed by atoms with E-state index < -0.39 is 0 Å². The van der Waals surface area contributed by atoms with Gasteiger partial charge in [0.15, 0.2) is 0 Å². The van der Waals surface area contributed by atoms with Crippen LogP contribution >= 0.6 is 0 Å². The smallest absolute Gasteiger partial charge is 0.119 e. The van der Waals surface area contributed by atoms with Crippen molar-refractivity contribution in [3.8, 4) is 11.4 Å². The molecule has 0 saturated heterocycles. The third-order valence-corrected chi connectivity index (χ3v) is 3.82. The van der Waals surface area contributed by atoms with Crippen LogP contribution in [0.2, 0.25) is 0 Å². The maximum absolute atomic E-state index is 5.18. The molecule has 3 heteroatoms. The fourth-order valence-electron chi connectivity index (χ4n) is 2.20. The normalized spacial score (nSPS) is 16.6. The molecule has 1 heterocycles. The minimum atomic E-state index is 0.322. The second-order valence-corrected chi connectivity index (χ2v) is 5.34. The van der Waals surface area contributed by atoms with E-state index in [4.69, 9.17) is 9.84 Å². The standard InChI is InChI=1S/C15H18N2O/c1-11-10-14(15(2)8-9-15)16-17(11)12-4-6-13(18-3)7-5-12/h4-7,10H,8-9H2,1-3H3. The molecule has 0 atom stereocenters. The van der Waals surface area contributed by atoms with E-state index in [1.165, 1.54) is 24.2 Å². The number of methoxy groups -OCH3 is 1. The van der Waals surface area contributed by atoms with Crippen LogP contribution in [0.15, 0.2) is 30.3 Å². The number of hydrogen-bond donors (Lipinski definition) is 0. The summed E-state index contributed by atoms with van der Waals surface area (Å²) in [5.74, 6) is 0.873. The summed E-state index contributed by atoms with van der Waals surface area (Å²) in [6.45, 7) is 4.39. The van der Waals surface area contributed by atoms with Gasteiger partial charge in [-0.3, -0.25) is 0 Å². The van der Waals surface area contributed by atoms with Crippen LogP contribution in [0.25, 0.3) is 5.69 Å². The minimum absolute atomic E-state index is 0.322. The number of rotatable bonds is 3. The topological polar surface area (TPSA) is 27.1 Å². The summed E-state index contributed by atoms with van der Waals surface area (Å²) < 4.78 is 7.19. The van der Waals surface area contributed by atoms with Gasteiger partial charge in [0.1, 0.15) is 5.75 Å². The predicted molar refractivity (Wildman–Crippen MR) is 71.4 cm³/mol. The molecule has 1 fully saturated rings. The average molecular weight is 242 g/mol. The molecule has 0 bridgehead atoms. The van der Waals surface area contributed by atoms with Crippen molar-refractivity contribution < 1.29 is 4.74 Å². The Hall–Kier alpha value is -1.77. The monoisotopic (exact) mass is 242 g/mol. The Labute approximate surface area is 107 Å². The molecule has 0 aliphatic heterocycles. The Bertz CT molecular complexity index is 565. The van der Waals surface area contributed by atoms with Crippen LogP contribution in [0, 0.1) is 6.92 Å². The Morgan fingerprint density at radius 3 is 2.44 bits per heavy atom. The van der Waals surface area contributed by atoms with Crippen LogP contribution in [-0.2, 0) is 5.41 Å². The molecule has 0 spiro atoms. The third kappa shape index (κ3) is 1.80. The summed E-state index contributed by atoms with van der Waals surface area (Å²) in [6.07, 6.45) is 2.51. The van der Waals surface area contributed by atoms with Gasteiger partial charge in [0.05, 0.1) is 18.5 Å². The molecule has 1 aliphatic rings. The molecule has 1 aliphatic carbocycles. The Balaban J connectivity index is 1.97. The van der Waals surface area contributed by atoms with Crippen LogP contribution in [0.3, 0.4) is 0 Å². The lowest BCUT2D eigenvalue weighted by Crippen LogP contribution is -2.03. The molecule has 1 aromatic carbocycles. The first-order chi connectivity index (χ1) is 8.62. The minimum Gasteiger partial charge on any atom is -0.497 e. The van der Waals surface area contributed by atoms with E-state index >= 15 is 0 Å². The van der Waals surface area contributed by atoms with Gasteiger partial charge in [-0.2, -0.15) is 5.10 Å². The molecule has 1 aromatic heterocycles. The third-order valence-electron chi connectivity index (χ3n) is 3.82. The van der Waals surface area contributed by atoms with Crippen molar-refractivity contribution >= 4 is 0 Å². The van der Waals surface area contributed by atoms with E-state index in [0.29, 0.717) is 5.41 Å². The molecule has 18 heavy (non-hydrogen) atoms. The van der Waals surface area contributed by atoms with Gasteiger partial charge in [-0.25, -0.2) is 4.68 Å². The van der Waals surface area contributed by atoms with Crippen molar-refractivity contribution in [1.29, 1.82) is 0 Å². The maximum atomic E-state index is 5.18. The van der Waals surface area contributed by atoms with Crippen LogP contribution in [0.1, 0.15) is 31.2 Å². The van der Waals surface area contributed by atoms with E-state index in [9.17, 15) is 0 Å². The highest BCUT2D eigenvalue weighted by molar-refractivity contribution is 5.39. The zero-order valence-electron chi connectivity index (χ0n) is 11.1. The molecule has 0 amide bonds. The van der Waals surface area contributed by atoms with E-state index in [-0.39, 0.29) is 0 Å². The summed E-state index contributed by atoms with van der Waals surface area (Å²) in [5, 5.41) is 4.75. The number of aromatic nitrogens is 2. The van der Waals surface area contributed by atoms with E-state index in [0.717, 1.165) is 11.4 Å². The van der Waals surface area contributed by atoms with Gasteiger partial charge in [-0.15, -0.1) is 0 Å². The Morgan fingerprint density at radius 2 is 1.89 bits per heavy atom. The first-order valence-corrected chi connectivity index (χ1v) is 6.34. The van der Waals surface area contributed by atoms with Crippen molar-refractivity contribution in [3.05, 3.63) is 41.7 Å². The summed E-state index contributed by atoms with van der Waals surface area (Å²) in [5.41, 5.74) is 3.81. The molecule has 94 valence electrons. The summed E-state index contributed by atoms with van der Waals surface area (Å²) in [6, 6.07) is 10.2. The van der Waals surface area contributed by atoms with Crippen LogP contribution < -0.4 is 4.74 Å². The van der Waals surface area contributed by atoms with Gasteiger partial charge in [0.2, 0.25) is 0 Å². The molecular formula is C15H18N2O. The molecule has 1 saturated carbocycles. The van der Waals surface area contributed by atoms with Crippen LogP contribution in [0.5, 0.6) is 5.75 Å². The number of ether oxygens (including phenoxy) is 1. The molecule has 3 nitrogen and oxygen atoms in total. The van der Waals surface area contributed by atoms with Gasteiger partial charge < -0.3 is 4.74 Å². The highest BCUT2D eigenvalue weighted by Crippen LogP contribution is 2.47. The van der Waals surface area contributed by atoms with Gasteiger partial charge >= 0.3 is 0 Å². The zero-order valence-corrected chi connectivity index (χ0v) is 11.1. The van der Waals surface area contributed by atoms with Gasteiger partial charge in [0.25, 0.3) is 0 Å². The first-order valence-electron chi connectivity index (χ1n) is 6.34. The average Bonchev–Trinajstić information content (AvgIpc) is 3.01. The molecule has 2 aromatic rings. The van der Waals surface area contributed by atoms with E-state index in [1.54, 1.807) is 7.11 Å². The predicted octanol–water partition coefficient (Wildman–Crippen LogP) is 3.24. The highest BCUT2D eigenvalue weighted by atomic mass is 16.5. The summed E-state index contributed by atoms with van der Waals surface area (Å²) >= 11 is 0. The van der Waals surface area contributed by atoms with Crippen molar-refractivity contribution in [2.75, 3.05) is 7.11 Å². The lowest BCUT2D eigenvalue weighted by Gasteiger charge is -2.06. The Kier molecular flexibility index (Phi) is 2.44. The number of nitrogens with zero attached hydrogens (tertiary/aromatic N) is 2. The Morgan fingerprint density at radius 1 is 1.22 bits per heavy atom. The molecule has 0 unspecified atom stereocenters. The van der Waals surface area contributed by atoms with Crippen molar-refractivity contribution in [2.45, 2.75) is 32.1 Å². The molecule has 3 rings (SSSR count). The lowest BCUT2D eigenvalue weighted by molar-refractivity contribution is 0.414. The largest absolute Gasteiger partial charge is 0.497 e. The van der Waals surface area contributed by atoms with Crippen molar-refractivity contribution in [3.63, 3.8) is 0 Å². The zero-order chi connectivity index (χ0) is 12.8. The van der Waals surface area contributed by atoms with Crippen molar-refractivity contribution in [1.82, 2.24) is 9.78 Å². The second-order valence-electron chi connectivity index (χ2n) is 5.34. The van der Waals surface area contributed by atoms with Crippen LogP contribution in [0.4, 0.5) is 0 Å². The SMILES string of the molecule is COc1ccc(-n2nc(C3(C)CC3)cc2C)cc1. The number of hydrogen-bond acceptors (Lipinski definition) is 2. The molecule has 0 radical (unpaired) electrons. The lowest BCUT2D eigenvalue weighted by atomic mass is 10.1. The second kappa shape index (κ2) is 3.87. The van der Waals surface area contributed by atoms with E-state index in [1.807, 2.05) is 28.9 Å². The maximum Gasteiger partial charge on any atom is 0.119 e. The van der Waals surface area contributed by atoms with Gasteiger partial charge in [-0.05, 0) is 50.1 Å². The summed E-state index contributed by atoms with van der Waals surface area (Å²) in [4.78, 5) is 0. The quantitative estimate of drug-likeness (QED) is 0.826. The first kappa shape index (κ1) is 11.3. The van der Waals surface area contributed by atoms with Crippen LogP contribution in [-0.4, -0.2) is 16.9 Å². The molecule has 0 N–H and O–H groups in total. The van der Waals surface area contributed by atoms with Crippen molar-refractivity contribution in [2.24, 2.45) is 0 Å². The van der Waals surface area contributed by atoms with Gasteiger partial charge in [-0.1, -0.05) is 6.92 Å². The number of benzene rings is 1. The van der Waals surface area contributed by atoms with Gasteiger partial charge in [0, 0.05) is 11.1 Å². The van der Waals surface area contributed by atoms with E-state index in [2.05, 4.69) is 19.9 Å². The summed E-state index contributed by atoms with van der Waals surface area (Å²) in [7, 11) is 1.68. The molecular weight excluding hydrogens is 224 g/mol.